The summed E-state index contributed by atoms with van der Waals surface area (Å²) in [5.74, 6) is 0. The molecule has 0 atom stereocenters. The van der Waals surface area contributed by atoms with Crippen LogP contribution in [0.4, 0.5) is 13.2 Å². The van der Waals surface area contributed by atoms with Gasteiger partial charge in [-0.05, 0) is 13.0 Å². The molecule has 7 heteroatoms. The second kappa shape index (κ2) is 4.81. The second-order valence-electron chi connectivity index (χ2n) is 3.87. The zero-order valence-electron chi connectivity index (χ0n) is 9.38. The molecule has 0 saturated heterocycles. The number of hydrogen-bond acceptors (Lipinski definition) is 4. The second-order valence-corrected chi connectivity index (χ2v) is 4.92. The van der Waals surface area contributed by atoms with Gasteiger partial charge in [0.2, 0.25) is 0 Å². The summed E-state index contributed by atoms with van der Waals surface area (Å²) in [6, 6.07) is 0. The highest BCUT2D eigenvalue weighted by molar-refractivity contribution is 7.13. The van der Waals surface area contributed by atoms with Crippen molar-refractivity contribution in [2.75, 3.05) is 19.7 Å². The quantitative estimate of drug-likeness (QED) is 0.840. The Morgan fingerprint density at radius 2 is 2.24 bits per heavy atom. The van der Waals surface area contributed by atoms with Crippen LogP contribution in [0.15, 0.2) is 0 Å². The van der Waals surface area contributed by atoms with Crippen molar-refractivity contribution in [2.24, 2.45) is 0 Å². The molecule has 0 amide bonds. The Hall–Kier alpha value is -0.820. The van der Waals surface area contributed by atoms with Crippen LogP contribution in [0.5, 0.6) is 5.19 Å². The van der Waals surface area contributed by atoms with E-state index in [2.05, 4.69) is 21.5 Å². The number of alkyl halides is 3. The highest BCUT2D eigenvalue weighted by Crippen LogP contribution is 2.30. The van der Waals surface area contributed by atoms with Crippen molar-refractivity contribution in [2.45, 2.75) is 26.1 Å². The number of likely N-dealkylation sites (N-methyl/N-ethyl adjacent to an activating group) is 1. The fraction of sp³-hybridized carbons (Fsp3) is 0.700. The Bertz CT molecular complexity index is 391. The molecule has 1 aromatic heterocycles. The highest BCUT2D eigenvalue weighted by atomic mass is 32.1. The van der Waals surface area contributed by atoms with Gasteiger partial charge in [0.25, 0.3) is 5.19 Å². The zero-order valence-corrected chi connectivity index (χ0v) is 10.2. The van der Waals surface area contributed by atoms with Crippen LogP contribution in [-0.4, -0.2) is 35.8 Å². The molecule has 0 aromatic carbocycles. The molecule has 0 unspecified atom stereocenters. The molecule has 1 aliphatic rings. The lowest BCUT2D eigenvalue weighted by Crippen LogP contribution is -2.29. The number of thiazole rings is 1. The molecule has 0 aliphatic carbocycles. The minimum Gasteiger partial charge on any atom is -0.460 e. The Balaban J connectivity index is 2.00. The van der Waals surface area contributed by atoms with Gasteiger partial charge in [0.05, 0.1) is 5.69 Å². The van der Waals surface area contributed by atoms with Crippen LogP contribution >= 0.6 is 11.3 Å². The van der Waals surface area contributed by atoms with Crippen LogP contribution in [0, 0.1) is 0 Å². The van der Waals surface area contributed by atoms with Gasteiger partial charge in [-0.2, -0.15) is 13.2 Å². The summed E-state index contributed by atoms with van der Waals surface area (Å²) >= 11 is 1.23. The van der Waals surface area contributed by atoms with Crippen LogP contribution in [-0.2, 0) is 13.0 Å². The molecule has 0 radical (unpaired) electrons. The normalized spacial score (nSPS) is 16.9. The molecule has 2 heterocycles. The van der Waals surface area contributed by atoms with E-state index in [-0.39, 0.29) is 5.19 Å². The Kier molecular flexibility index (Phi) is 3.58. The van der Waals surface area contributed by atoms with Crippen LogP contribution in [0.3, 0.4) is 0 Å². The first-order valence-electron chi connectivity index (χ1n) is 5.38. The molecule has 3 nitrogen and oxygen atoms in total. The van der Waals surface area contributed by atoms with Gasteiger partial charge in [-0.25, -0.2) is 4.98 Å². The van der Waals surface area contributed by atoms with E-state index in [4.69, 9.17) is 0 Å². The molecule has 0 bridgehead atoms. The average Bonchev–Trinajstić information content (AvgIpc) is 2.66. The van der Waals surface area contributed by atoms with E-state index in [1.165, 1.54) is 11.3 Å². The van der Waals surface area contributed by atoms with E-state index in [9.17, 15) is 13.2 Å². The summed E-state index contributed by atoms with van der Waals surface area (Å²) in [6.07, 6.45) is -3.46. The summed E-state index contributed by atoms with van der Waals surface area (Å²) < 4.78 is 40.6. The summed E-state index contributed by atoms with van der Waals surface area (Å²) in [7, 11) is 0. The largest absolute Gasteiger partial charge is 0.460 e. The molecule has 0 spiro atoms. The molecule has 0 N–H and O–H groups in total. The van der Waals surface area contributed by atoms with Gasteiger partial charge in [-0.3, -0.25) is 4.90 Å². The maximum atomic E-state index is 12.0. The number of rotatable bonds is 3. The lowest BCUT2D eigenvalue weighted by atomic mass is 10.2. The van der Waals surface area contributed by atoms with Gasteiger partial charge >= 0.3 is 6.18 Å². The SMILES string of the molecule is CCN1CCc2sc(OCC(F)(F)F)nc2C1. The van der Waals surface area contributed by atoms with Crippen LogP contribution in [0.1, 0.15) is 17.5 Å². The van der Waals surface area contributed by atoms with E-state index in [1.807, 2.05) is 0 Å². The van der Waals surface area contributed by atoms with E-state index < -0.39 is 12.8 Å². The standard InChI is InChI=1S/C10H13F3N2OS/c1-2-15-4-3-8-7(5-15)14-9(17-8)16-6-10(11,12)13/h2-6H2,1H3. The van der Waals surface area contributed by atoms with Crippen molar-refractivity contribution in [3.63, 3.8) is 0 Å². The van der Waals surface area contributed by atoms with E-state index in [1.54, 1.807) is 0 Å². The van der Waals surface area contributed by atoms with E-state index >= 15 is 0 Å². The molecule has 2 rings (SSSR count). The van der Waals surface area contributed by atoms with Gasteiger partial charge < -0.3 is 4.74 Å². The third kappa shape index (κ3) is 3.32. The minimum atomic E-state index is -4.30. The molecular weight excluding hydrogens is 253 g/mol. The number of fused-ring (bicyclic) bond motifs is 1. The Morgan fingerprint density at radius 1 is 1.47 bits per heavy atom. The van der Waals surface area contributed by atoms with E-state index in [0.29, 0.717) is 6.54 Å². The zero-order chi connectivity index (χ0) is 12.5. The van der Waals surface area contributed by atoms with Gasteiger partial charge in [-0.1, -0.05) is 18.3 Å². The van der Waals surface area contributed by atoms with Crippen molar-refractivity contribution >= 4 is 11.3 Å². The predicted octanol–water partition coefficient (Wildman–Crippen LogP) is 2.46. The number of ether oxygens (including phenoxy) is 1. The van der Waals surface area contributed by atoms with Gasteiger partial charge in [0.1, 0.15) is 0 Å². The van der Waals surface area contributed by atoms with Crippen molar-refractivity contribution in [3.05, 3.63) is 10.6 Å². The van der Waals surface area contributed by atoms with Crippen molar-refractivity contribution in [1.82, 2.24) is 9.88 Å². The number of nitrogens with zero attached hydrogens (tertiary/aromatic N) is 2. The fourth-order valence-corrected chi connectivity index (χ4v) is 2.61. The van der Waals surface area contributed by atoms with Gasteiger partial charge in [0.15, 0.2) is 6.61 Å². The van der Waals surface area contributed by atoms with Crippen LogP contribution < -0.4 is 4.74 Å². The Labute approximate surface area is 101 Å². The lowest BCUT2D eigenvalue weighted by Gasteiger charge is -2.23. The fourth-order valence-electron chi connectivity index (χ4n) is 1.70. The minimum absolute atomic E-state index is 0.130. The number of hydrogen-bond donors (Lipinski definition) is 0. The first kappa shape index (κ1) is 12.6. The third-order valence-corrected chi connectivity index (χ3v) is 3.66. The highest BCUT2D eigenvalue weighted by Gasteiger charge is 2.29. The number of aromatic nitrogens is 1. The summed E-state index contributed by atoms with van der Waals surface area (Å²) in [5.41, 5.74) is 0.861. The summed E-state index contributed by atoms with van der Waals surface area (Å²) in [4.78, 5) is 7.36. The van der Waals surface area contributed by atoms with Crippen molar-refractivity contribution in [1.29, 1.82) is 0 Å². The maximum absolute atomic E-state index is 12.0. The van der Waals surface area contributed by atoms with E-state index in [0.717, 1.165) is 30.1 Å². The molecule has 0 fully saturated rings. The molecule has 1 aliphatic heterocycles. The maximum Gasteiger partial charge on any atom is 0.422 e. The molecule has 96 valence electrons. The third-order valence-electron chi connectivity index (χ3n) is 2.59. The smallest absolute Gasteiger partial charge is 0.422 e. The average molecular weight is 266 g/mol. The lowest BCUT2D eigenvalue weighted by molar-refractivity contribution is -0.153. The van der Waals surface area contributed by atoms with Gasteiger partial charge in [-0.15, -0.1) is 0 Å². The van der Waals surface area contributed by atoms with Gasteiger partial charge in [0, 0.05) is 18.0 Å². The van der Waals surface area contributed by atoms with Crippen molar-refractivity contribution in [3.8, 4) is 5.19 Å². The summed E-state index contributed by atoms with van der Waals surface area (Å²) in [6.45, 7) is 3.35. The molecule has 1 aromatic rings. The molecular formula is C10H13F3N2OS. The monoisotopic (exact) mass is 266 g/mol. The van der Waals surface area contributed by atoms with Crippen LogP contribution in [0.2, 0.25) is 0 Å². The summed E-state index contributed by atoms with van der Waals surface area (Å²) in [5, 5.41) is 0.130. The molecule has 17 heavy (non-hydrogen) atoms. The predicted molar refractivity (Wildman–Crippen MR) is 58.3 cm³/mol. The van der Waals surface area contributed by atoms with Crippen molar-refractivity contribution < 1.29 is 17.9 Å². The van der Waals surface area contributed by atoms with Crippen LogP contribution in [0.25, 0.3) is 0 Å². The first-order valence-corrected chi connectivity index (χ1v) is 6.20. The Morgan fingerprint density at radius 3 is 2.88 bits per heavy atom. The first-order chi connectivity index (χ1) is 7.98. The molecule has 0 saturated carbocycles. The topological polar surface area (TPSA) is 25.4 Å². The number of halogens is 3.